The van der Waals surface area contributed by atoms with E-state index in [9.17, 15) is 0 Å². The van der Waals surface area contributed by atoms with Gasteiger partial charge in [-0.15, -0.1) is 24.0 Å². The van der Waals surface area contributed by atoms with Crippen LogP contribution in [0, 0.1) is 0 Å². The van der Waals surface area contributed by atoms with Crippen LogP contribution in [-0.2, 0) is 17.6 Å². The van der Waals surface area contributed by atoms with Crippen LogP contribution < -0.4 is 15.1 Å². The van der Waals surface area contributed by atoms with E-state index in [4.69, 9.17) is 4.74 Å². The van der Waals surface area contributed by atoms with Gasteiger partial charge in [0.05, 0.1) is 23.6 Å². The molecule has 2 atom stereocenters. The zero-order valence-electron chi connectivity index (χ0n) is 18.9. The fraction of sp³-hybridized carbons (Fsp3) is 0.500. The molecule has 0 spiro atoms. The first-order chi connectivity index (χ1) is 13.9. The molecule has 1 N–H and O–H groups in total. The van der Waals surface area contributed by atoms with Gasteiger partial charge in [0.15, 0.2) is 0 Å². The number of hydrogen-bond acceptors (Lipinski definition) is 5. The number of benzene rings is 2. The van der Waals surface area contributed by atoms with Crippen LogP contribution in [0.2, 0.25) is 0 Å². The number of halogens is 1. The second-order valence-electron chi connectivity index (χ2n) is 8.45. The highest BCUT2D eigenvalue weighted by Crippen LogP contribution is 2.50. The molecule has 4 rings (SSSR count). The van der Waals surface area contributed by atoms with Crippen molar-refractivity contribution >= 4 is 58.5 Å². The number of anilines is 4. The SMILES string of the molecule is CCc1cc(N(C)C)cc2c1Nc1c(CC)cc(N3CC(C)OC(C)C3)cc1S2.I. The van der Waals surface area contributed by atoms with E-state index in [0.717, 1.165) is 25.9 Å². The molecule has 0 amide bonds. The number of hydrogen-bond donors (Lipinski definition) is 1. The minimum Gasteiger partial charge on any atom is -0.378 e. The van der Waals surface area contributed by atoms with Gasteiger partial charge in [-0.2, -0.15) is 0 Å². The normalized spacial score (nSPS) is 20.0. The lowest BCUT2D eigenvalue weighted by Gasteiger charge is -2.38. The lowest BCUT2D eigenvalue weighted by atomic mass is 10.0. The molecular formula is C24H34IN3OS. The molecule has 1 saturated heterocycles. The third-order valence-electron chi connectivity index (χ3n) is 5.87. The molecule has 2 unspecified atom stereocenters. The van der Waals surface area contributed by atoms with Crippen molar-refractivity contribution in [3.8, 4) is 0 Å². The molecule has 30 heavy (non-hydrogen) atoms. The van der Waals surface area contributed by atoms with Crippen molar-refractivity contribution in [3.63, 3.8) is 0 Å². The quantitative estimate of drug-likeness (QED) is 0.392. The van der Waals surface area contributed by atoms with Crippen LogP contribution >= 0.6 is 35.7 Å². The summed E-state index contributed by atoms with van der Waals surface area (Å²) in [5.74, 6) is 0. The Morgan fingerprint density at radius 2 is 1.53 bits per heavy atom. The van der Waals surface area contributed by atoms with Crippen molar-refractivity contribution in [3.05, 3.63) is 35.4 Å². The number of morpholine rings is 1. The van der Waals surface area contributed by atoms with Gasteiger partial charge in [0.2, 0.25) is 0 Å². The number of aryl methyl sites for hydroxylation is 2. The molecule has 6 heteroatoms. The van der Waals surface area contributed by atoms with E-state index in [-0.39, 0.29) is 36.2 Å². The van der Waals surface area contributed by atoms with Crippen molar-refractivity contribution in [1.29, 1.82) is 0 Å². The summed E-state index contributed by atoms with van der Waals surface area (Å²) in [6, 6.07) is 9.37. The Hall–Kier alpha value is -1.12. The zero-order chi connectivity index (χ0) is 20.7. The number of nitrogens with one attached hydrogen (secondary N) is 1. The first-order valence-corrected chi connectivity index (χ1v) is 11.6. The maximum Gasteiger partial charge on any atom is 0.0726 e. The van der Waals surface area contributed by atoms with Crippen molar-refractivity contribution in [1.82, 2.24) is 0 Å². The molecular weight excluding hydrogens is 505 g/mol. The second kappa shape index (κ2) is 9.57. The Balaban J connectivity index is 0.00000256. The average Bonchev–Trinajstić information content (AvgIpc) is 2.69. The standard InChI is InChI=1S/C24H33N3OS.HI/c1-7-17-9-19(26(5)6)11-21-23(17)25-24-18(8-2)10-20(12-22(24)29-21)27-13-15(3)28-16(4)14-27;/h9-12,15-16,25H,7-8,13-14H2,1-6H3;1H. The first-order valence-electron chi connectivity index (χ1n) is 10.8. The van der Waals surface area contributed by atoms with Gasteiger partial charge in [-0.25, -0.2) is 0 Å². The molecule has 0 radical (unpaired) electrons. The lowest BCUT2D eigenvalue weighted by molar-refractivity contribution is -0.00523. The van der Waals surface area contributed by atoms with Crippen LogP contribution in [0.5, 0.6) is 0 Å². The summed E-state index contributed by atoms with van der Waals surface area (Å²) in [6.45, 7) is 10.7. The van der Waals surface area contributed by atoms with Crippen LogP contribution in [0.25, 0.3) is 0 Å². The molecule has 2 aliphatic rings. The van der Waals surface area contributed by atoms with E-state index in [0.29, 0.717) is 0 Å². The number of rotatable bonds is 4. The minimum atomic E-state index is 0. The highest BCUT2D eigenvalue weighted by Gasteiger charge is 2.26. The van der Waals surface area contributed by atoms with Gasteiger partial charge in [0, 0.05) is 48.4 Å². The second-order valence-corrected chi connectivity index (χ2v) is 9.53. The smallest absolute Gasteiger partial charge is 0.0726 e. The van der Waals surface area contributed by atoms with Gasteiger partial charge in [-0.3, -0.25) is 0 Å². The molecule has 4 nitrogen and oxygen atoms in total. The van der Waals surface area contributed by atoms with Gasteiger partial charge < -0.3 is 19.9 Å². The topological polar surface area (TPSA) is 27.7 Å². The lowest BCUT2D eigenvalue weighted by Crippen LogP contribution is -2.45. The fourth-order valence-electron chi connectivity index (χ4n) is 4.39. The number of nitrogens with zero attached hydrogens (tertiary/aromatic N) is 2. The molecule has 2 aromatic carbocycles. The highest BCUT2D eigenvalue weighted by molar-refractivity contribution is 14.0. The van der Waals surface area contributed by atoms with Crippen LogP contribution in [0.15, 0.2) is 34.1 Å². The maximum absolute atomic E-state index is 5.95. The van der Waals surface area contributed by atoms with Crippen LogP contribution in [-0.4, -0.2) is 39.4 Å². The Morgan fingerprint density at radius 1 is 0.967 bits per heavy atom. The summed E-state index contributed by atoms with van der Waals surface area (Å²) < 4.78 is 5.95. The van der Waals surface area contributed by atoms with E-state index in [1.807, 2.05) is 11.8 Å². The number of ether oxygens (including phenoxy) is 1. The highest BCUT2D eigenvalue weighted by atomic mass is 127. The van der Waals surface area contributed by atoms with Gasteiger partial charge in [0.1, 0.15) is 0 Å². The zero-order valence-corrected chi connectivity index (χ0v) is 22.1. The monoisotopic (exact) mass is 539 g/mol. The van der Waals surface area contributed by atoms with E-state index in [1.54, 1.807) is 0 Å². The fourth-order valence-corrected chi connectivity index (χ4v) is 5.55. The Labute approximate surface area is 202 Å². The molecule has 2 heterocycles. The van der Waals surface area contributed by atoms with Crippen LogP contribution in [0.1, 0.15) is 38.8 Å². The summed E-state index contributed by atoms with van der Waals surface area (Å²) in [5, 5.41) is 3.81. The molecule has 2 aliphatic heterocycles. The molecule has 0 aliphatic carbocycles. The van der Waals surface area contributed by atoms with Crippen molar-refractivity contribution in [2.24, 2.45) is 0 Å². The predicted molar refractivity (Wildman–Crippen MR) is 141 cm³/mol. The van der Waals surface area contributed by atoms with Crippen molar-refractivity contribution in [2.45, 2.75) is 62.5 Å². The molecule has 0 aromatic heterocycles. The van der Waals surface area contributed by atoms with Crippen LogP contribution in [0.3, 0.4) is 0 Å². The Bertz CT molecular complexity index is 908. The minimum absolute atomic E-state index is 0. The summed E-state index contributed by atoms with van der Waals surface area (Å²) in [5.41, 5.74) is 7.93. The van der Waals surface area contributed by atoms with Gasteiger partial charge >= 0.3 is 0 Å². The van der Waals surface area contributed by atoms with Crippen molar-refractivity contribution < 1.29 is 4.74 Å². The number of fused-ring (bicyclic) bond motifs is 2. The summed E-state index contributed by atoms with van der Waals surface area (Å²) in [6.07, 6.45) is 2.57. The Morgan fingerprint density at radius 3 is 2.10 bits per heavy atom. The molecule has 0 saturated carbocycles. The summed E-state index contributed by atoms with van der Waals surface area (Å²) in [4.78, 5) is 7.34. The molecule has 2 aromatic rings. The average molecular weight is 540 g/mol. The molecule has 1 fully saturated rings. The van der Waals surface area contributed by atoms with Gasteiger partial charge in [0.25, 0.3) is 0 Å². The van der Waals surface area contributed by atoms with Gasteiger partial charge in [-0.05, 0) is 62.1 Å². The molecule has 0 bridgehead atoms. The predicted octanol–water partition coefficient (Wildman–Crippen LogP) is 6.32. The van der Waals surface area contributed by atoms with E-state index in [1.165, 1.54) is 43.7 Å². The van der Waals surface area contributed by atoms with Gasteiger partial charge in [-0.1, -0.05) is 25.6 Å². The third-order valence-corrected chi connectivity index (χ3v) is 6.95. The van der Waals surface area contributed by atoms with E-state index in [2.05, 4.69) is 81.2 Å². The third kappa shape index (κ3) is 4.55. The van der Waals surface area contributed by atoms with Crippen LogP contribution in [0.4, 0.5) is 22.7 Å². The summed E-state index contributed by atoms with van der Waals surface area (Å²) >= 11 is 1.91. The molecule has 164 valence electrons. The Kier molecular flexibility index (Phi) is 7.51. The largest absolute Gasteiger partial charge is 0.378 e. The first kappa shape index (κ1) is 23.5. The van der Waals surface area contributed by atoms with E-state index >= 15 is 0 Å². The maximum atomic E-state index is 5.95. The van der Waals surface area contributed by atoms with E-state index < -0.39 is 0 Å². The summed E-state index contributed by atoms with van der Waals surface area (Å²) in [7, 11) is 4.23. The van der Waals surface area contributed by atoms with Crippen molar-refractivity contribution in [2.75, 3.05) is 42.3 Å².